The van der Waals surface area contributed by atoms with E-state index < -0.39 is 23.4 Å². The number of carbonyl (C=O) groups is 2. The molecule has 0 spiro atoms. The summed E-state index contributed by atoms with van der Waals surface area (Å²) in [6.45, 7) is 10.2. The monoisotopic (exact) mass is 520 g/mol. The molecule has 9 atom stereocenters. The smallest absolute Gasteiger partial charge is 0.306 e. The van der Waals surface area contributed by atoms with Gasteiger partial charge in [-0.2, -0.15) is 0 Å². The van der Waals surface area contributed by atoms with E-state index in [1.54, 1.807) is 0 Å². The topological polar surface area (TPSA) is 91.3 Å². The van der Waals surface area contributed by atoms with Crippen molar-refractivity contribution in [3.05, 3.63) is 0 Å². The van der Waals surface area contributed by atoms with E-state index in [2.05, 4.69) is 19.8 Å². The predicted octanol–water partition coefficient (Wildman–Crippen LogP) is 4.82. The zero-order chi connectivity index (χ0) is 27.2. The molecule has 2 heterocycles. The summed E-state index contributed by atoms with van der Waals surface area (Å²) in [6, 6.07) is 0. The van der Waals surface area contributed by atoms with Crippen LogP contribution in [0.5, 0.6) is 0 Å². The van der Waals surface area contributed by atoms with Crippen LogP contribution in [-0.4, -0.2) is 59.8 Å². The number of rotatable bonds is 12. The molecular weight excluding hydrogens is 472 g/mol. The number of ether oxygens (including phenoxy) is 4. The van der Waals surface area contributed by atoms with Crippen molar-refractivity contribution in [2.24, 2.45) is 23.7 Å². The number of hydrogen-bond donors (Lipinski definition) is 1. The fourth-order valence-corrected chi connectivity index (χ4v) is 7.05. The Kier molecular flexibility index (Phi) is 10.5. The Morgan fingerprint density at radius 3 is 2.62 bits per heavy atom. The minimum absolute atomic E-state index is 0.0218. The van der Waals surface area contributed by atoms with Gasteiger partial charge in [-0.1, -0.05) is 39.5 Å². The van der Waals surface area contributed by atoms with Gasteiger partial charge in [0.25, 0.3) is 0 Å². The van der Waals surface area contributed by atoms with E-state index in [0.29, 0.717) is 38.2 Å². The van der Waals surface area contributed by atoms with Crippen LogP contribution in [0.25, 0.3) is 0 Å². The maximum absolute atomic E-state index is 13.0. The number of esters is 2. The van der Waals surface area contributed by atoms with E-state index in [4.69, 9.17) is 25.4 Å². The van der Waals surface area contributed by atoms with Gasteiger partial charge in [0.1, 0.15) is 11.7 Å². The van der Waals surface area contributed by atoms with Gasteiger partial charge in [-0.25, -0.2) is 0 Å². The highest BCUT2D eigenvalue weighted by Crippen LogP contribution is 2.57. The molecule has 2 aliphatic heterocycles. The lowest BCUT2D eigenvalue weighted by atomic mass is 9.58. The van der Waals surface area contributed by atoms with Crippen LogP contribution in [-0.2, 0) is 28.5 Å². The molecule has 2 saturated heterocycles. The molecule has 1 saturated carbocycles. The van der Waals surface area contributed by atoms with Crippen LogP contribution in [0, 0.1) is 36.0 Å². The minimum Gasteiger partial charge on any atom is -0.466 e. The average Bonchev–Trinajstić information content (AvgIpc) is 3.18. The molecule has 3 aliphatic rings. The highest BCUT2D eigenvalue weighted by Gasteiger charge is 2.65. The molecule has 0 amide bonds. The number of unbranched alkanes of at least 4 members (excludes halogenated alkanes) is 4. The van der Waals surface area contributed by atoms with Gasteiger partial charge in [-0.05, 0) is 50.9 Å². The zero-order valence-electron chi connectivity index (χ0n) is 23.5. The SMILES string of the molecule is C#CC[C@H]1O[C@@H]2[C@@H]3[C@H](CC[C@@](C)(O)[C@@H]31)[C@H](C)CO[C@]2(C)[C@H](CCOC(C)=O)OC(=O)CCCCCCC. The van der Waals surface area contributed by atoms with E-state index in [1.165, 1.54) is 6.92 Å². The summed E-state index contributed by atoms with van der Waals surface area (Å²) >= 11 is 0. The zero-order valence-corrected chi connectivity index (χ0v) is 23.5. The standard InChI is InChI=1S/C30H48O7/c1-7-9-10-11-12-14-25(32)37-24(16-18-34-21(4)31)30(6)28-26-22(20(3)19-35-30)15-17-29(5,33)27(26)23(36-28)13-8-2/h2,20,22-24,26-28,33H,7,9-19H2,1,3-6H3/t20-,22-,23-,24+,26-,27-,28-,29-,30-/m1/s1. The molecule has 0 radical (unpaired) electrons. The summed E-state index contributed by atoms with van der Waals surface area (Å²) in [7, 11) is 0. The highest BCUT2D eigenvalue weighted by atomic mass is 16.6. The highest BCUT2D eigenvalue weighted by molar-refractivity contribution is 5.69. The van der Waals surface area contributed by atoms with Gasteiger partial charge in [-0.3, -0.25) is 9.59 Å². The van der Waals surface area contributed by atoms with Crippen LogP contribution in [0.2, 0.25) is 0 Å². The summed E-state index contributed by atoms with van der Waals surface area (Å²) < 4.78 is 24.7. The summed E-state index contributed by atoms with van der Waals surface area (Å²) in [5, 5.41) is 11.5. The first kappa shape index (κ1) is 29.9. The molecule has 0 aromatic heterocycles. The van der Waals surface area contributed by atoms with Gasteiger partial charge in [0.05, 0.1) is 31.0 Å². The largest absolute Gasteiger partial charge is 0.466 e. The van der Waals surface area contributed by atoms with Crippen LogP contribution in [0.1, 0.15) is 98.8 Å². The van der Waals surface area contributed by atoms with E-state index in [0.717, 1.165) is 38.5 Å². The lowest BCUT2D eigenvalue weighted by Crippen LogP contribution is -2.57. The van der Waals surface area contributed by atoms with Gasteiger partial charge < -0.3 is 24.1 Å². The summed E-state index contributed by atoms with van der Waals surface area (Å²) in [4.78, 5) is 24.5. The van der Waals surface area contributed by atoms with Crippen LogP contribution < -0.4 is 0 Å². The molecule has 1 N–H and O–H groups in total. The third-order valence-electron chi connectivity index (χ3n) is 9.04. The Balaban J connectivity index is 1.88. The molecule has 210 valence electrons. The Labute approximate surface area is 223 Å². The van der Waals surface area contributed by atoms with Crippen LogP contribution in [0.15, 0.2) is 0 Å². The first-order valence-corrected chi connectivity index (χ1v) is 14.3. The van der Waals surface area contributed by atoms with Crippen molar-refractivity contribution < 1.29 is 33.6 Å². The lowest BCUT2D eigenvalue weighted by molar-refractivity contribution is -0.206. The van der Waals surface area contributed by atoms with E-state index in [-0.39, 0.29) is 42.4 Å². The molecule has 0 aromatic rings. The van der Waals surface area contributed by atoms with Crippen molar-refractivity contribution in [2.75, 3.05) is 13.2 Å². The van der Waals surface area contributed by atoms with E-state index >= 15 is 0 Å². The maximum Gasteiger partial charge on any atom is 0.306 e. The number of carbonyl (C=O) groups excluding carboxylic acids is 2. The Morgan fingerprint density at radius 1 is 1.22 bits per heavy atom. The predicted molar refractivity (Wildman–Crippen MR) is 140 cm³/mol. The third-order valence-corrected chi connectivity index (χ3v) is 9.04. The Bertz CT molecular complexity index is 817. The lowest BCUT2D eigenvalue weighted by Gasteiger charge is -2.47. The van der Waals surface area contributed by atoms with Crippen molar-refractivity contribution in [1.82, 2.24) is 0 Å². The molecular formula is C30H48O7. The van der Waals surface area contributed by atoms with E-state index in [1.807, 2.05) is 13.8 Å². The van der Waals surface area contributed by atoms with Crippen molar-refractivity contribution in [3.8, 4) is 12.3 Å². The van der Waals surface area contributed by atoms with Gasteiger partial charge >= 0.3 is 11.9 Å². The Morgan fingerprint density at radius 2 is 1.95 bits per heavy atom. The third kappa shape index (κ3) is 6.88. The second-order valence-electron chi connectivity index (χ2n) is 11.9. The molecule has 3 fully saturated rings. The number of hydrogen-bond acceptors (Lipinski definition) is 7. The molecule has 0 aromatic carbocycles. The summed E-state index contributed by atoms with van der Waals surface area (Å²) in [5.41, 5.74) is -1.87. The first-order valence-electron chi connectivity index (χ1n) is 14.3. The van der Waals surface area contributed by atoms with Gasteiger partial charge in [0.2, 0.25) is 0 Å². The van der Waals surface area contributed by atoms with Crippen molar-refractivity contribution >= 4 is 11.9 Å². The molecule has 37 heavy (non-hydrogen) atoms. The second kappa shape index (κ2) is 13.0. The number of aliphatic hydroxyl groups is 1. The van der Waals surface area contributed by atoms with Crippen molar-refractivity contribution in [3.63, 3.8) is 0 Å². The summed E-state index contributed by atoms with van der Waals surface area (Å²) in [5.74, 6) is 2.55. The van der Waals surface area contributed by atoms with Crippen LogP contribution in [0.4, 0.5) is 0 Å². The van der Waals surface area contributed by atoms with E-state index in [9.17, 15) is 14.7 Å². The molecule has 0 unspecified atom stereocenters. The average molecular weight is 521 g/mol. The maximum atomic E-state index is 13.0. The van der Waals surface area contributed by atoms with Gasteiger partial charge in [0, 0.05) is 32.1 Å². The van der Waals surface area contributed by atoms with Crippen LogP contribution >= 0.6 is 0 Å². The molecule has 7 nitrogen and oxygen atoms in total. The van der Waals surface area contributed by atoms with Gasteiger partial charge in [0.15, 0.2) is 0 Å². The first-order chi connectivity index (χ1) is 17.5. The molecule has 1 aliphatic carbocycles. The molecule has 7 heteroatoms. The number of terminal acetylenes is 1. The van der Waals surface area contributed by atoms with Crippen molar-refractivity contribution in [1.29, 1.82) is 0 Å². The quantitative estimate of drug-likeness (QED) is 0.224. The second-order valence-corrected chi connectivity index (χ2v) is 11.9. The summed E-state index contributed by atoms with van der Waals surface area (Å²) in [6.07, 6.45) is 12.2. The van der Waals surface area contributed by atoms with Crippen LogP contribution in [0.3, 0.4) is 0 Å². The fourth-order valence-electron chi connectivity index (χ4n) is 7.05. The molecule has 0 bridgehead atoms. The molecule has 3 rings (SSSR count). The normalized spacial score (nSPS) is 37.6. The minimum atomic E-state index is -0.972. The van der Waals surface area contributed by atoms with Gasteiger partial charge in [-0.15, -0.1) is 12.3 Å². The van der Waals surface area contributed by atoms with Crippen molar-refractivity contribution in [2.45, 2.75) is 128 Å². The fraction of sp³-hybridized carbons (Fsp3) is 0.867. The Hall–Kier alpha value is -1.62.